The Morgan fingerprint density at radius 3 is 2.44 bits per heavy atom. The second-order valence-electron chi connectivity index (χ2n) is 6.56. The van der Waals surface area contributed by atoms with Gasteiger partial charge in [-0.2, -0.15) is 11.3 Å². The van der Waals surface area contributed by atoms with Crippen LogP contribution in [0.25, 0.3) is 0 Å². The summed E-state index contributed by atoms with van der Waals surface area (Å²) < 4.78 is 5.11. The summed E-state index contributed by atoms with van der Waals surface area (Å²) >= 11 is 1.65. The van der Waals surface area contributed by atoms with E-state index in [1.165, 1.54) is 18.4 Å². The fourth-order valence-electron chi connectivity index (χ4n) is 3.25. The fourth-order valence-corrected chi connectivity index (χ4v) is 3.96. The normalized spacial score (nSPS) is 15.3. The monoisotopic (exact) mass is 387 g/mol. The van der Waals surface area contributed by atoms with Gasteiger partial charge in [0.1, 0.15) is 5.75 Å². The first-order valence-corrected chi connectivity index (χ1v) is 10.1. The maximum absolute atomic E-state index is 12.2. The first kappa shape index (κ1) is 19.4. The molecule has 3 rings (SSSR count). The molecule has 2 heterocycles. The number of thiophene rings is 1. The summed E-state index contributed by atoms with van der Waals surface area (Å²) in [5.74, 6) is -0.455. The van der Waals surface area contributed by atoms with Crippen LogP contribution in [0.3, 0.4) is 0 Å². The molecule has 2 amide bonds. The molecular weight excluding hydrogens is 362 g/mol. The van der Waals surface area contributed by atoms with Gasteiger partial charge in [0, 0.05) is 13.1 Å². The maximum Gasteiger partial charge on any atom is 0.309 e. The van der Waals surface area contributed by atoms with E-state index in [0.29, 0.717) is 13.1 Å². The van der Waals surface area contributed by atoms with Crippen molar-refractivity contribution < 1.29 is 14.3 Å². The van der Waals surface area contributed by atoms with Crippen molar-refractivity contribution in [1.29, 1.82) is 0 Å². The van der Waals surface area contributed by atoms with E-state index in [4.69, 9.17) is 4.74 Å². The molecule has 1 aromatic carbocycles. The zero-order valence-electron chi connectivity index (χ0n) is 15.4. The summed E-state index contributed by atoms with van der Waals surface area (Å²) in [5, 5.41) is 9.61. The van der Waals surface area contributed by atoms with Crippen molar-refractivity contribution >= 4 is 23.2 Å². The average Bonchev–Trinajstić information content (AvgIpc) is 3.41. The van der Waals surface area contributed by atoms with Crippen LogP contribution in [0.5, 0.6) is 5.75 Å². The van der Waals surface area contributed by atoms with Crippen molar-refractivity contribution in [2.24, 2.45) is 0 Å². The van der Waals surface area contributed by atoms with Crippen molar-refractivity contribution in [2.45, 2.75) is 25.4 Å². The van der Waals surface area contributed by atoms with Crippen LogP contribution in [0.4, 0.5) is 0 Å². The zero-order chi connectivity index (χ0) is 19.1. The first-order valence-electron chi connectivity index (χ1n) is 9.12. The molecule has 2 aromatic rings. The Kier molecular flexibility index (Phi) is 6.84. The van der Waals surface area contributed by atoms with E-state index in [2.05, 4.69) is 27.0 Å². The highest BCUT2D eigenvalue weighted by Crippen LogP contribution is 2.26. The average molecular weight is 388 g/mol. The van der Waals surface area contributed by atoms with Crippen LogP contribution in [0.1, 0.15) is 30.0 Å². The van der Waals surface area contributed by atoms with Gasteiger partial charge in [0.05, 0.1) is 13.2 Å². The van der Waals surface area contributed by atoms with Crippen LogP contribution in [0, 0.1) is 0 Å². The number of methoxy groups -OCH3 is 1. The van der Waals surface area contributed by atoms with E-state index >= 15 is 0 Å². The number of carbonyl (C=O) groups is 2. The van der Waals surface area contributed by atoms with Gasteiger partial charge < -0.3 is 15.4 Å². The lowest BCUT2D eigenvalue weighted by atomic mass is 10.1. The molecule has 0 bridgehead atoms. The van der Waals surface area contributed by atoms with Gasteiger partial charge in [0.15, 0.2) is 0 Å². The molecule has 144 valence electrons. The first-order chi connectivity index (χ1) is 13.2. The van der Waals surface area contributed by atoms with E-state index in [1.807, 2.05) is 29.6 Å². The number of benzene rings is 1. The molecule has 0 aliphatic carbocycles. The molecule has 1 aliphatic rings. The van der Waals surface area contributed by atoms with Gasteiger partial charge in [-0.25, -0.2) is 0 Å². The predicted octanol–water partition coefficient (Wildman–Crippen LogP) is 2.33. The van der Waals surface area contributed by atoms with Crippen LogP contribution in [0.2, 0.25) is 0 Å². The van der Waals surface area contributed by atoms with Gasteiger partial charge in [-0.05, 0) is 66.0 Å². The summed E-state index contributed by atoms with van der Waals surface area (Å²) in [6.45, 7) is 2.79. The second-order valence-corrected chi connectivity index (χ2v) is 7.34. The quantitative estimate of drug-likeness (QED) is 0.716. The topological polar surface area (TPSA) is 70.7 Å². The zero-order valence-corrected chi connectivity index (χ0v) is 16.3. The van der Waals surface area contributed by atoms with Gasteiger partial charge in [-0.3, -0.25) is 14.5 Å². The van der Waals surface area contributed by atoms with E-state index in [-0.39, 0.29) is 6.04 Å². The third-order valence-corrected chi connectivity index (χ3v) is 5.49. The third kappa shape index (κ3) is 5.30. The number of ether oxygens (including phenoxy) is 1. The lowest BCUT2D eigenvalue weighted by molar-refractivity contribution is -0.139. The number of amides is 2. The summed E-state index contributed by atoms with van der Waals surface area (Å²) in [7, 11) is 1.60. The second kappa shape index (κ2) is 9.53. The Morgan fingerprint density at radius 2 is 1.81 bits per heavy atom. The van der Waals surface area contributed by atoms with Crippen LogP contribution in [0.15, 0.2) is 41.1 Å². The number of nitrogens with one attached hydrogen (secondary N) is 2. The Hall–Kier alpha value is -2.38. The Bertz CT molecular complexity index is 740. The molecule has 1 atom stereocenters. The SMILES string of the molecule is COc1ccc(CNC(=O)C(=O)NCC(c2ccsc2)N2CCCC2)cc1. The van der Waals surface area contributed by atoms with Crippen molar-refractivity contribution in [1.82, 2.24) is 15.5 Å². The molecule has 6 nitrogen and oxygen atoms in total. The third-order valence-electron chi connectivity index (χ3n) is 4.78. The molecule has 2 N–H and O–H groups in total. The van der Waals surface area contributed by atoms with Gasteiger partial charge in [-0.1, -0.05) is 12.1 Å². The summed E-state index contributed by atoms with van der Waals surface area (Å²) in [4.78, 5) is 26.7. The Balaban J connectivity index is 1.49. The minimum atomic E-state index is -0.615. The Labute approximate surface area is 163 Å². The number of rotatable bonds is 7. The van der Waals surface area contributed by atoms with E-state index in [0.717, 1.165) is 24.4 Å². The lowest BCUT2D eigenvalue weighted by Gasteiger charge is -2.27. The number of hydrogen-bond acceptors (Lipinski definition) is 5. The highest BCUT2D eigenvalue weighted by Gasteiger charge is 2.25. The van der Waals surface area contributed by atoms with Gasteiger partial charge in [-0.15, -0.1) is 0 Å². The molecule has 0 spiro atoms. The summed E-state index contributed by atoms with van der Waals surface area (Å²) in [6, 6.07) is 9.57. The molecular formula is C20H25N3O3S. The molecule has 0 saturated carbocycles. The largest absolute Gasteiger partial charge is 0.497 e. The number of likely N-dealkylation sites (tertiary alicyclic amines) is 1. The fraction of sp³-hybridized carbons (Fsp3) is 0.400. The van der Waals surface area contributed by atoms with Crippen molar-refractivity contribution in [3.8, 4) is 5.75 Å². The number of hydrogen-bond donors (Lipinski definition) is 2. The van der Waals surface area contributed by atoms with Crippen LogP contribution in [-0.4, -0.2) is 43.5 Å². The van der Waals surface area contributed by atoms with Crippen molar-refractivity contribution in [3.05, 3.63) is 52.2 Å². The lowest BCUT2D eigenvalue weighted by Crippen LogP contribution is -2.43. The molecule has 1 fully saturated rings. The minimum Gasteiger partial charge on any atom is -0.497 e. The van der Waals surface area contributed by atoms with Crippen LogP contribution >= 0.6 is 11.3 Å². The van der Waals surface area contributed by atoms with Crippen molar-refractivity contribution in [3.63, 3.8) is 0 Å². The molecule has 0 radical (unpaired) electrons. The highest BCUT2D eigenvalue weighted by molar-refractivity contribution is 7.08. The minimum absolute atomic E-state index is 0.122. The van der Waals surface area contributed by atoms with Crippen LogP contribution < -0.4 is 15.4 Å². The highest BCUT2D eigenvalue weighted by atomic mass is 32.1. The maximum atomic E-state index is 12.2. The molecule has 1 aliphatic heterocycles. The number of nitrogens with zero attached hydrogens (tertiary/aromatic N) is 1. The van der Waals surface area contributed by atoms with E-state index < -0.39 is 11.8 Å². The molecule has 1 unspecified atom stereocenters. The standard InChI is InChI=1S/C20H25N3O3S/c1-26-17-6-4-15(5-7-17)12-21-19(24)20(25)22-13-18(16-8-11-27-14-16)23-9-2-3-10-23/h4-8,11,14,18H,2-3,9-10,12-13H2,1H3,(H,21,24)(H,22,25). The van der Waals surface area contributed by atoms with E-state index in [1.54, 1.807) is 18.4 Å². The summed E-state index contributed by atoms with van der Waals surface area (Å²) in [5.41, 5.74) is 2.10. The smallest absolute Gasteiger partial charge is 0.309 e. The van der Waals surface area contributed by atoms with Gasteiger partial charge in [0.2, 0.25) is 0 Å². The van der Waals surface area contributed by atoms with Gasteiger partial charge >= 0.3 is 11.8 Å². The molecule has 1 saturated heterocycles. The molecule has 1 aromatic heterocycles. The van der Waals surface area contributed by atoms with E-state index in [9.17, 15) is 9.59 Å². The van der Waals surface area contributed by atoms with Crippen LogP contribution in [-0.2, 0) is 16.1 Å². The summed E-state index contributed by atoms with van der Waals surface area (Å²) in [6.07, 6.45) is 2.36. The number of carbonyl (C=O) groups excluding carboxylic acids is 2. The predicted molar refractivity (Wildman–Crippen MR) is 106 cm³/mol. The molecule has 27 heavy (non-hydrogen) atoms. The van der Waals surface area contributed by atoms with Gasteiger partial charge in [0.25, 0.3) is 0 Å². The van der Waals surface area contributed by atoms with Crippen molar-refractivity contribution in [2.75, 3.05) is 26.7 Å². The molecule has 7 heteroatoms. The Morgan fingerprint density at radius 1 is 1.11 bits per heavy atom.